The molecule has 13 heavy (non-hydrogen) atoms. The van der Waals surface area contributed by atoms with Crippen LogP contribution in [-0.4, -0.2) is 22.9 Å². The van der Waals surface area contributed by atoms with Crippen LogP contribution < -0.4 is 10.4 Å². The summed E-state index contributed by atoms with van der Waals surface area (Å²) in [6.07, 6.45) is 0. The van der Waals surface area contributed by atoms with Crippen LogP contribution in [0.4, 0.5) is 0 Å². The van der Waals surface area contributed by atoms with E-state index in [1.807, 2.05) is 0 Å². The van der Waals surface area contributed by atoms with Crippen molar-refractivity contribution < 1.29 is 9.90 Å². The number of carbonyl (C=O) groups is 1. The number of carboxylic acids is 1. The largest absolute Gasteiger partial charge is 0.547 e. The minimum atomic E-state index is -1.46. The predicted molar refractivity (Wildman–Crippen MR) is 53.9 cm³/mol. The number of alkyl halides is 2. The van der Waals surface area contributed by atoms with Gasteiger partial charge in [-0.2, -0.15) is 0 Å². The van der Waals surface area contributed by atoms with Gasteiger partial charge in [0.15, 0.2) is 0 Å². The first-order valence-electron chi connectivity index (χ1n) is 4.02. The summed E-state index contributed by atoms with van der Waals surface area (Å²) in [4.78, 5) is 7.93. The molecule has 5 heteroatoms. The SMILES string of the molecule is CC(C)NC(C)C.O=C([O-])C(Cl)Cl. The van der Waals surface area contributed by atoms with E-state index in [4.69, 9.17) is 23.2 Å². The first-order chi connectivity index (χ1) is 5.77. The lowest BCUT2D eigenvalue weighted by Crippen LogP contribution is -2.29. The third-order valence-electron chi connectivity index (χ3n) is 0.845. The Morgan fingerprint density at radius 1 is 1.15 bits per heavy atom. The maximum absolute atomic E-state index is 9.32. The molecule has 0 aromatic rings. The standard InChI is InChI=1S/C6H15N.C2H2Cl2O2/c1-5(2)7-6(3)4;3-1(4)2(5)6/h5-7H,1-4H3;1H,(H,5,6)/p-1. The molecule has 0 radical (unpaired) electrons. The minimum absolute atomic E-state index is 0.625. The van der Waals surface area contributed by atoms with Gasteiger partial charge in [-0.25, -0.2) is 0 Å². The summed E-state index contributed by atoms with van der Waals surface area (Å²) in [5.74, 6) is -1.46. The van der Waals surface area contributed by atoms with Crippen LogP contribution in [-0.2, 0) is 4.79 Å². The van der Waals surface area contributed by atoms with Gasteiger partial charge in [-0.3, -0.25) is 0 Å². The monoisotopic (exact) mass is 228 g/mol. The average molecular weight is 229 g/mol. The molecule has 0 saturated heterocycles. The number of aliphatic carboxylic acids is 1. The highest BCUT2D eigenvalue weighted by atomic mass is 35.5. The van der Waals surface area contributed by atoms with Crippen molar-refractivity contribution in [2.75, 3.05) is 0 Å². The molecule has 0 amide bonds. The highest BCUT2D eigenvalue weighted by Gasteiger charge is 1.93. The predicted octanol–water partition coefficient (Wildman–Crippen LogP) is 0.933. The Kier molecular flexibility index (Phi) is 10.2. The van der Waals surface area contributed by atoms with Crippen molar-refractivity contribution in [3.63, 3.8) is 0 Å². The number of halogens is 2. The number of carbonyl (C=O) groups excluding carboxylic acids is 1. The average Bonchev–Trinajstić information content (AvgIpc) is 1.84. The summed E-state index contributed by atoms with van der Waals surface area (Å²) in [7, 11) is 0. The lowest BCUT2D eigenvalue weighted by atomic mass is 10.3. The van der Waals surface area contributed by atoms with Crippen LogP contribution in [0.15, 0.2) is 0 Å². The van der Waals surface area contributed by atoms with Gasteiger partial charge in [-0.15, -0.1) is 0 Å². The van der Waals surface area contributed by atoms with Gasteiger partial charge in [-0.1, -0.05) is 50.9 Å². The Labute approximate surface area is 89.4 Å². The van der Waals surface area contributed by atoms with Gasteiger partial charge in [0.2, 0.25) is 0 Å². The molecule has 0 aliphatic carbocycles. The molecule has 0 heterocycles. The molecule has 0 saturated carbocycles. The molecule has 0 aromatic heterocycles. The number of hydrogen-bond donors (Lipinski definition) is 1. The van der Waals surface area contributed by atoms with E-state index >= 15 is 0 Å². The third kappa shape index (κ3) is 18.8. The summed E-state index contributed by atoms with van der Waals surface area (Å²) in [6, 6.07) is 1.25. The minimum Gasteiger partial charge on any atom is -0.547 e. The van der Waals surface area contributed by atoms with Crippen LogP contribution in [0, 0.1) is 0 Å². The van der Waals surface area contributed by atoms with Crippen LogP contribution in [0.1, 0.15) is 27.7 Å². The van der Waals surface area contributed by atoms with Crippen molar-refractivity contribution in [3.8, 4) is 0 Å². The highest BCUT2D eigenvalue weighted by molar-refractivity contribution is 6.52. The van der Waals surface area contributed by atoms with Crippen LogP contribution in [0.3, 0.4) is 0 Å². The summed E-state index contributed by atoms with van der Waals surface area (Å²) >= 11 is 9.43. The summed E-state index contributed by atoms with van der Waals surface area (Å²) in [5.41, 5.74) is 0. The second-order valence-corrected chi connectivity index (χ2v) is 4.19. The maximum Gasteiger partial charge on any atom is 0.146 e. The van der Waals surface area contributed by atoms with E-state index in [-0.39, 0.29) is 0 Å². The molecule has 0 unspecified atom stereocenters. The summed E-state index contributed by atoms with van der Waals surface area (Å²) < 4.78 is 0. The molecule has 1 N–H and O–H groups in total. The van der Waals surface area contributed by atoms with E-state index < -0.39 is 10.8 Å². The normalized spacial score (nSPS) is 10.2. The van der Waals surface area contributed by atoms with Crippen molar-refractivity contribution in [1.82, 2.24) is 5.32 Å². The molecule has 0 spiro atoms. The van der Waals surface area contributed by atoms with E-state index in [0.29, 0.717) is 12.1 Å². The van der Waals surface area contributed by atoms with Crippen LogP contribution in [0.25, 0.3) is 0 Å². The molecule has 0 rings (SSSR count). The topological polar surface area (TPSA) is 52.2 Å². The van der Waals surface area contributed by atoms with Gasteiger partial charge in [0.05, 0.1) is 5.97 Å². The van der Waals surface area contributed by atoms with Gasteiger partial charge in [0.1, 0.15) is 4.84 Å². The zero-order chi connectivity index (χ0) is 11.0. The molecule has 0 aliphatic rings. The van der Waals surface area contributed by atoms with Gasteiger partial charge in [0.25, 0.3) is 0 Å². The van der Waals surface area contributed by atoms with E-state index in [0.717, 1.165) is 0 Å². The molecule has 0 atom stereocenters. The second-order valence-electron chi connectivity index (χ2n) is 3.10. The van der Waals surface area contributed by atoms with Gasteiger partial charge < -0.3 is 15.2 Å². The molecule has 0 fully saturated rings. The Balaban J connectivity index is 0. The number of hydrogen-bond acceptors (Lipinski definition) is 3. The fraction of sp³-hybridized carbons (Fsp3) is 0.875. The van der Waals surface area contributed by atoms with Crippen molar-refractivity contribution >= 4 is 29.2 Å². The Morgan fingerprint density at radius 3 is 1.38 bits per heavy atom. The maximum atomic E-state index is 9.32. The van der Waals surface area contributed by atoms with Gasteiger partial charge in [0, 0.05) is 12.1 Å². The summed E-state index contributed by atoms with van der Waals surface area (Å²) in [6.45, 7) is 8.61. The number of nitrogens with one attached hydrogen (secondary N) is 1. The fourth-order valence-electron chi connectivity index (χ4n) is 0.667. The molecule has 0 aromatic carbocycles. The molecule has 0 bridgehead atoms. The Bertz CT molecular complexity index is 132. The third-order valence-corrected chi connectivity index (χ3v) is 1.20. The Hall–Kier alpha value is 0.01000. The van der Waals surface area contributed by atoms with Gasteiger partial charge >= 0.3 is 0 Å². The summed E-state index contributed by atoms with van der Waals surface area (Å²) in [5, 5.41) is 12.6. The first kappa shape index (κ1) is 15.5. The van der Waals surface area contributed by atoms with Crippen molar-refractivity contribution in [3.05, 3.63) is 0 Å². The molecule has 80 valence electrons. The van der Waals surface area contributed by atoms with Crippen LogP contribution in [0.2, 0.25) is 0 Å². The number of carboxylic acid groups (broad SMARTS) is 1. The zero-order valence-electron chi connectivity index (χ0n) is 8.30. The number of rotatable bonds is 3. The second kappa shape index (κ2) is 8.60. The van der Waals surface area contributed by atoms with E-state index in [2.05, 4.69) is 33.0 Å². The molecular weight excluding hydrogens is 213 g/mol. The highest BCUT2D eigenvalue weighted by Crippen LogP contribution is 1.96. The lowest BCUT2D eigenvalue weighted by Gasteiger charge is -2.10. The van der Waals surface area contributed by atoms with E-state index in [9.17, 15) is 9.90 Å². The first-order valence-corrected chi connectivity index (χ1v) is 4.89. The van der Waals surface area contributed by atoms with Crippen LogP contribution >= 0.6 is 23.2 Å². The Morgan fingerprint density at radius 2 is 1.38 bits per heavy atom. The van der Waals surface area contributed by atoms with Crippen molar-refractivity contribution in [2.24, 2.45) is 0 Å². The smallest absolute Gasteiger partial charge is 0.146 e. The van der Waals surface area contributed by atoms with Crippen LogP contribution in [0.5, 0.6) is 0 Å². The quantitative estimate of drug-likeness (QED) is 0.732. The molecular formula is C8H16Cl2NO2-. The molecule has 0 aliphatic heterocycles. The molecule has 3 nitrogen and oxygen atoms in total. The van der Waals surface area contributed by atoms with E-state index in [1.165, 1.54) is 0 Å². The van der Waals surface area contributed by atoms with E-state index in [1.54, 1.807) is 0 Å². The van der Waals surface area contributed by atoms with Crippen molar-refractivity contribution in [2.45, 2.75) is 44.6 Å². The van der Waals surface area contributed by atoms with Gasteiger partial charge in [-0.05, 0) is 0 Å². The zero-order valence-corrected chi connectivity index (χ0v) is 9.82. The fourth-order valence-corrected chi connectivity index (χ4v) is 0.667. The van der Waals surface area contributed by atoms with Crippen molar-refractivity contribution in [1.29, 1.82) is 0 Å². The lowest BCUT2D eigenvalue weighted by molar-refractivity contribution is -0.302.